The third kappa shape index (κ3) is 4.21. The number of benzene rings is 2. The molecule has 2 amide bonds. The number of rotatable bonds is 5. The van der Waals surface area contributed by atoms with Crippen molar-refractivity contribution in [2.75, 3.05) is 13.1 Å². The summed E-state index contributed by atoms with van der Waals surface area (Å²) in [6.07, 6.45) is 7.79. The largest absolute Gasteiger partial charge is 0.342 e. The van der Waals surface area contributed by atoms with Crippen LogP contribution in [0, 0.1) is 0 Å². The van der Waals surface area contributed by atoms with Crippen molar-refractivity contribution in [1.82, 2.24) is 9.80 Å². The molecule has 0 unspecified atom stereocenters. The van der Waals surface area contributed by atoms with E-state index >= 15 is 0 Å². The van der Waals surface area contributed by atoms with E-state index in [1.54, 1.807) is 4.90 Å². The predicted molar refractivity (Wildman–Crippen MR) is 132 cm³/mol. The highest BCUT2D eigenvalue weighted by molar-refractivity contribution is 9.10. The number of hydrogen-bond acceptors (Lipinski definition) is 3. The van der Waals surface area contributed by atoms with Crippen LogP contribution in [0.15, 0.2) is 93.6 Å². The van der Waals surface area contributed by atoms with E-state index in [0.717, 1.165) is 39.8 Å². The Morgan fingerprint density at radius 3 is 2.38 bits per heavy atom. The van der Waals surface area contributed by atoms with E-state index < -0.39 is 0 Å². The number of carbonyl (C=O) groups excluding carboxylic acids is 2. The standard InChI is InChI=1S/C26H23BrN2O2S/c27-22-8-4-5-9-24(22)32-20-12-14-28(15-13-20)25(30)17-26(31)29-19-10-11-21(23(29)16-19)18-6-2-1-3-7-18/h1-11,16,20H,12-15,17H2. The van der Waals surface area contributed by atoms with Crippen molar-refractivity contribution in [1.29, 1.82) is 0 Å². The molecule has 1 fully saturated rings. The van der Waals surface area contributed by atoms with Gasteiger partial charge < -0.3 is 4.90 Å². The van der Waals surface area contributed by atoms with Gasteiger partial charge in [0.1, 0.15) is 6.42 Å². The average molecular weight is 507 g/mol. The molecule has 2 aromatic carbocycles. The summed E-state index contributed by atoms with van der Waals surface area (Å²) in [4.78, 5) is 30.6. The van der Waals surface area contributed by atoms with Gasteiger partial charge in [-0.1, -0.05) is 48.5 Å². The molecule has 2 bridgehead atoms. The van der Waals surface area contributed by atoms with Crippen LogP contribution in [0.4, 0.5) is 0 Å². The number of carbonyl (C=O) groups is 2. The van der Waals surface area contributed by atoms with Crippen molar-refractivity contribution in [3.8, 4) is 0 Å². The molecule has 162 valence electrons. The molecular weight excluding hydrogens is 484 g/mol. The van der Waals surface area contributed by atoms with Crippen LogP contribution in [0.1, 0.15) is 24.8 Å². The molecule has 0 atom stereocenters. The molecule has 1 saturated heterocycles. The van der Waals surface area contributed by atoms with E-state index in [9.17, 15) is 9.59 Å². The summed E-state index contributed by atoms with van der Waals surface area (Å²) >= 11 is 5.47. The number of amides is 2. The number of thioether (sulfide) groups is 1. The van der Waals surface area contributed by atoms with Gasteiger partial charge in [-0.05, 0) is 58.6 Å². The third-order valence-electron chi connectivity index (χ3n) is 6.04. The molecule has 32 heavy (non-hydrogen) atoms. The maximum Gasteiger partial charge on any atom is 0.241 e. The first kappa shape index (κ1) is 21.3. The lowest BCUT2D eigenvalue weighted by Crippen LogP contribution is -2.44. The second-order valence-electron chi connectivity index (χ2n) is 8.10. The fraction of sp³-hybridized carbons (Fsp3) is 0.231. The van der Waals surface area contributed by atoms with Crippen molar-refractivity contribution in [2.45, 2.75) is 29.4 Å². The van der Waals surface area contributed by atoms with E-state index in [-0.39, 0.29) is 18.2 Å². The van der Waals surface area contributed by atoms with Gasteiger partial charge in [0.2, 0.25) is 11.8 Å². The maximum absolute atomic E-state index is 13.0. The van der Waals surface area contributed by atoms with Crippen LogP contribution in [-0.2, 0) is 9.59 Å². The smallest absolute Gasteiger partial charge is 0.241 e. The Labute approximate surface area is 200 Å². The van der Waals surface area contributed by atoms with Gasteiger partial charge in [0.15, 0.2) is 0 Å². The molecule has 0 N–H and O–H groups in total. The van der Waals surface area contributed by atoms with E-state index in [2.05, 4.69) is 28.1 Å². The Morgan fingerprint density at radius 2 is 1.66 bits per heavy atom. The van der Waals surface area contributed by atoms with Crippen LogP contribution in [0.5, 0.6) is 0 Å². The first-order valence-electron chi connectivity index (χ1n) is 10.8. The van der Waals surface area contributed by atoms with Gasteiger partial charge in [0.25, 0.3) is 0 Å². The molecule has 3 aliphatic rings. The highest BCUT2D eigenvalue weighted by Crippen LogP contribution is 2.41. The Hall–Kier alpha value is -2.57. The molecule has 0 saturated carbocycles. The average Bonchev–Trinajstić information content (AvgIpc) is 2.81. The fourth-order valence-electron chi connectivity index (χ4n) is 4.32. The zero-order valence-corrected chi connectivity index (χ0v) is 19.9. The Balaban J connectivity index is 1.15. The van der Waals surface area contributed by atoms with Crippen LogP contribution >= 0.6 is 27.7 Å². The second-order valence-corrected chi connectivity index (χ2v) is 10.3. The number of nitrogens with zero attached hydrogens (tertiary/aromatic N) is 2. The van der Waals surface area contributed by atoms with Crippen LogP contribution in [0.2, 0.25) is 0 Å². The van der Waals surface area contributed by atoms with Crippen LogP contribution in [0.3, 0.4) is 0 Å². The topological polar surface area (TPSA) is 40.6 Å². The number of allylic oxidation sites excluding steroid dienone is 4. The Bertz CT molecular complexity index is 1140. The van der Waals surface area contributed by atoms with Gasteiger partial charge in [0.05, 0.1) is 11.4 Å². The molecule has 0 radical (unpaired) electrons. The quantitative estimate of drug-likeness (QED) is 0.493. The zero-order chi connectivity index (χ0) is 22.1. The molecule has 3 aliphatic heterocycles. The van der Waals surface area contributed by atoms with Crippen molar-refractivity contribution < 1.29 is 9.59 Å². The van der Waals surface area contributed by atoms with Gasteiger partial charge in [0, 0.05) is 33.3 Å². The summed E-state index contributed by atoms with van der Waals surface area (Å²) in [5.41, 5.74) is 3.84. The SMILES string of the molecule is O=C(CC(=O)N1c2ccc(-c3ccccc3)c1c2)N1CCC(Sc2ccccc2Br)CC1. The first-order chi connectivity index (χ1) is 15.6. The molecular formula is C26H23BrN2O2S. The van der Waals surface area contributed by atoms with Gasteiger partial charge in [-0.25, -0.2) is 0 Å². The van der Waals surface area contributed by atoms with E-state index in [4.69, 9.17) is 0 Å². The number of piperidine rings is 1. The van der Waals surface area contributed by atoms with Gasteiger partial charge in [-0.2, -0.15) is 0 Å². The minimum Gasteiger partial charge on any atom is -0.342 e. The summed E-state index contributed by atoms with van der Waals surface area (Å²) in [6.45, 7) is 1.41. The summed E-state index contributed by atoms with van der Waals surface area (Å²) in [5, 5.41) is 0.483. The summed E-state index contributed by atoms with van der Waals surface area (Å²) < 4.78 is 1.11. The lowest BCUT2D eigenvalue weighted by Gasteiger charge is -2.39. The monoisotopic (exact) mass is 506 g/mol. The number of halogens is 1. The highest BCUT2D eigenvalue weighted by Gasteiger charge is 2.36. The Morgan fingerprint density at radius 1 is 0.938 bits per heavy atom. The molecule has 0 aliphatic carbocycles. The summed E-state index contributed by atoms with van der Waals surface area (Å²) in [5.74, 6) is -0.222. The Kier molecular flexibility index (Phi) is 6.07. The molecule has 0 spiro atoms. The van der Waals surface area contributed by atoms with Gasteiger partial charge >= 0.3 is 0 Å². The zero-order valence-electron chi connectivity index (χ0n) is 17.5. The summed E-state index contributed by atoms with van der Waals surface area (Å²) in [7, 11) is 0. The minimum absolute atomic E-state index is 0.0734. The van der Waals surface area contributed by atoms with Crippen molar-refractivity contribution >= 4 is 45.1 Å². The highest BCUT2D eigenvalue weighted by atomic mass is 79.9. The number of fused-ring (bicyclic) bond motifs is 2. The van der Waals surface area contributed by atoms with Crippen molar-refractivity contribution in [2.24, 2.45) is 0 Å². The van der Waals surface area contributed by atoms with Crippen molar-refractivity contribution in [3.63, 3.8) is 0 Å². The van der Waals surface area contributed by atoms with E-state index in [1.807, 2.05) is 77.4 Å². The minimum atomic E-state index is -0.148. The van der Waals surface area contributed by atoms with Crippen molar-refractivity contribution in [3.05, 3.63) is 94.3 Å². The lowest BCUT2D eigenvalue weighted by atomic mass is 9.91. The maximum atomic E-state index is 13.0. The molecule has 2 aromatic rings. The second kappa shape index (κ2) is 9.12. The first-order valence-corrected chi connectivity index (χ1v) is 12.5. The third-order valence-corrected chi connectivity index (χ3v) is 8.41. The molecule has 0 aromatic heterocycles. The molecule has 3 heterocycles. The van der Waals surface area contributed by atoms with E-state index in [1.165, 1.54) is 4.90 Å². The molecule has 6 heteroatoms. The van der Waals surface area contributed by atoms with Gasteiger partial charge in [-0.3, -0.25) is 14.5 Å². The van der Waals surface area contributed by atoms with Gasteiger partial charge in [-0.15, -0.1) is 11.8 Å². The van der Waals surface area contributed by atoms with E-state index in [0.29, 0.717) is 18.3 Å². The van der Waals surface area contributed by atoms with Crippen LogP contribution in [0.25, 0.3) is 5.57 Å². The van der Waals surface area contributed by atoms with Crippen LogP contribution in [-0.4, -0.2) is 40.0 Å². The summed E-state index contributed by atoms with van der Waals surface area (Å²) in [6, 6.07) is 18.3. The molecule has 5 rings (SSSR count). The number of hydrogen-bond donors (Lipinski definition) is 0. The van der Waals surface area contributed by atoms with Crippen LogP contribution < -0.4 is 0 Å². The fourth-order valence-corrected chi connectivity index (χ4v) is 6.03. The predicted octanol–water partition coefficient (Wildman–Crippen LogP) is 5.63. The molecule has 4 nitrogen and oxygen atoms in total. The normalized spacial score (nSPS) is 17.8. The number of likely N-dealkylation sites (tertiary alicyclic amines) is 1. The lowest BCUT2D eigenvalue weighted by molar-refractivity contribution is -0.139.